The molecule has 3 aromatic rings. The summed E-state index contributed by atoms with van der Waals surface area (Å²) in [5, 5.41) is 4.38. The van der Waals surface area contributed by atoms with Crippen molar-refractivity contribution in [1.29, 1.82) is 0 Å². The number of halogens is 2. The number of piperidine rings is 1. The van der Waals surface area contributed by atoms with Crippen molar-refractivity contribution < 1.29 is 9.59 Å². The fourth-order valence-corrected chi connectivity index (χ4v) is 7.23. The van der Waals surface area contributed by atoms with Gasteiger partial charge in [0.2, 0.25) is 0 Å². The highest BCUT2D eigenvalue weighted by Gasteiger charge is 2.55. The largest absolute Gasteiger partial charge is 0.314 e. The zero-order chi connectivity index (χ0) is 28.3. The van der Waals surface area contributed by atoms with Gasteiger partial charge in [0.05, 0.1) is 15.6 Å². The smallest absolute Gasteiger partial charge is 0.167 e. The molecule has 2 saturated heterocycles. The molecular weight excluding hydrogens is 541 g/mol. The molecule has 40 heavy (non-hydrogen) atoms. The second kappa shape index (κ2) is 12.5. The molecule has 0 amide bonds. The minimum absolute atomic E-state index is 0.144. The van der Waals surface area contributed by atoms with Crippen LogP contribution in [0.15, 0.2) is 66.7 Å². The van der Waals surface area contributed by atoms with E-state index in [4.69, 9.17) is 23.2 Å². The van der Waals surface area contributed by atoms with E-state index in [1.165, 1.54) is 0 Å². The zero-order valence-electron chi connectivity index (χ0n) is 23.2. The second-order valence-electron chi connectivity index (χ2n) is 11.2. The fraction of sp³-hybridized carbons (Fsp3) is 0.394. The van der Waals surface area contributed by atoms with E-state index in [0.717, 1.165) is 60.3 Å². The molecule has 7 heteroatoms. The lowest BCUT2D eigenvalue weighted by Gasteiger charge is -2.58. The zero-order valence-corrected chi connectivity index (χ0v) is 24.7. The summed E-state index contributed by atoms with van der Waals surface area (Å²) in [5.74, 6) is -0.147. The quantitative estimate of drug-likeness (QED) is 0.260. The number of benzene rings is 3. The Morgan fingerprint density at radius 1 is 0.950 bits per heavy atom. The Kier molecular flexibility index (Phi) is 9.08. The minimum atomic E-state index is -0.777. The number of carbonyl (C=O) groups is 2. The number of ketones is 1. The van der Waals surface area contributed by atoms with Gasteiger partial charge in [-0.15, -0.1) is 0 Å². The molecule has 3 unspecified atom stereocenters. The molecule has 1 N–H and O–H groups in total. The first-order valence-electron chi connectivity index (χ1n) is 14.1. The standard InChI is InChI=1S/C33H37Cl2N3O2/c1-23-18-24(2)20-26(19-23)31(40)28-10-14-38(22-25-6-4-3-5-7-25)33(11-17-39,27-8-9-29(34)30(35)21-27)32(28)37-15-12-36-13-16-37/h3-9,17-21,28,32,36H,10-16,22H2,1-2H3. The number of hydrogen-bond donors (Lipinski definition) is 1. The summed E-state index contributed by atoms with van der Waals surface area (Å²) < 4.78 is 0. The van der Waals surface area contributed by atoms with Crippen LogP contribution < -0.4 is 5.32 Å². The third-order valence-corrected chi connectivity index (χ3v) is 9.30. The molecule has 5 rings (SSSR count). The van der Waals surface area contributed by atoms with Crippen molar-refractivity contribution in [3.8, 4) is 0 Å². The van der Waals surface area contributed by atoms with Crippen molar-refractivity contribution in [3.63, 3.8) is 0 Å². The van der Waals surface area contributed by atoms with Crippen molar-refractivity contribution in [2.24, 2.45) is 5.92 Å². The SMILES string of the molecule is Cc1cc(C)cc(C(=O)C2CCN(Cc3ccccc3)C(CC=O)(c3ccc(Cl)c(Cl)c3)C2N2CCNCC2)c1. The Balaban J connectivity index is 1.71. The van der Waals surface area contributed by atoms with Gasteiger partial charge in [0.25, 0.3) is 0 Å². The van der Waals surface area contributed by atoms with Crippen molar-refractivity contribution >= 4 is 35.3 Å². The first kappa shape index (κ1) is 29.0. The van der Waals surface area contributed by atoms with Crippen LogP contribution in [0.2, 0.25) is 10.0 Å². The Morgan fingerprint density at radius 3 is 2.30 bits per heavy atom. The predicted molar refractivity (Wildman–Crippen MR) is 162 cm³/mol. The normalized spacial score (nSPS) is 24.1. The van der Waals surface area contributed by atoms with Crippen LogP contribution in [0.3, 0.4) is 0 Å². The average molecular weight is 579 g/mol. The molecule has 2 aliphatic heterocycles. The molecule has 0 radical (unpaired) electrons. The summed E-state index contributed by atoms with van der Waals surface area (Å²) in [5.41, 5.74) is 4.20. The van der Waals surface area contributed by atoms with Gasteiger partial charge in [-0.25, -0.2) is 0 Å². The van der Waals surface area contributed by atoms with Gasteiger partial charge in [-0.2, -0.15) is 0 Å². The maximum absolute atomic E-state index is 14.5. The third-order valence-electron chi connectivity index (χ3n) is 8.56. The number of hydrogen-bond acceptors (Lipinski definition) is 5. The maximum atomic E-state index is 14.5. The second-order valence-corrected chi connectivity index (χ2v) is 12.0. The molecule has 0 saturated carbocycles. The Morgan fingerprint density at radius 2 is 1.65 bits per heavy atom. The molecule has 3 aromatic carbocycles. The Hall–Kier alpha value is -2.54. The number of piperazine rings is 1. The molecular formula is C33H37Cl2N3O2. The first-order chi connectivity index (χ1) is 19.3. The van der Waals surface area contributed by atoms with Crippen molar-refractivity contribution in [2.45, 2.75) is 44.8 Å². The molecule has 2 fully saturated rings. The Labute approximate surface area is 247 Å². The number of carbonyl (C=O) groups excluding carboxylic acids is 2. The topological polar surface area (TPSA) is 52.7 Å². The van der Waals surface area contributed by atoms with E-state index in [0.29, 0.717) is 29.6 Å². The van der Waals surface area contributed by atoms with E-state index in [1.807, 2.05) is 62.4 Å². The number of likely N-dealkylation sites (tertiary alicyclic amines) is 1. The van der Waals surface area contributed by atoms with Crippen LogP contribution >= 0.6 is 23.2 Å². The lowest BCUT2D eigenvalue weighted by molar-refractivity contribution is -0.119. The van der Waals surface area contributed by atoms with Gasteiger partial charge < -0.3 is 10.1 Å². The van der Waals surface area contributed by atoms with Gasteiger partial charge in [-0.1, -0.05) is 76.8 Å². The summed E-state index contributed by atoms with van der Waals surface area (Å²) in [6.45, 7) is 8.65. The van der Waals surface area contributed by atoms with Gasteiger partial charge in [0.1, 0.15) is 6.29 Å². The molecule has 0 spiro atoms. The van der Waals surface area contributed by atoms with Crippen LogP contribution in [0.4, 0.5) is 0 Å². The van der Waals surface area contributed by atoms with Gasteiger partial charge in [0.15, 0.2) is 5.78 Å². The van der Waals surface area contributed by atoms with E-state index < -0.39 is 5.54 Å². The number of nitrogens with zero attached hydrogens (tertiary/aromatic N) is 2. The lowest BCUT2D eigenvalue weighted by atomic mass is 9.66. The molecule has 3 atom stereocenters. The molecule has 5 nitrogen and oxygen atoms in total. The molecule has 0 aliphatic carbocycles. The van der Waals surface area contributed by atoms with Crippen molar-refractivity contribution in [3.05, 3.63) is 105 Å². The molecule has 0 bridgehead atoms. The summed E-state index contributed by atoms with van der Waals surface area (Å²) in [4.78, 5) is 32.0. The van der Waals surface area contributed by atoms with Crippen LogP contribution in [0.5, 0.6) is 0 Å². The number of rotatable bonds is 8. The monoisotopic (exact) mass is 577 g/mol. The first-order valence-corrected chi connectivity index (χ1v) is 14.8. The van der Waals surface area contributed by atoms with Gasteiger partial charge in [-0.05, 0) is 55.7 Å². The van der Waals surface area contributed by atoms with E-state index in [-0.39, 0.29) is 24.2 Å². The lowest BCUT2D eigenvalue weighted by Crippen LogP contribution is -2.69. The van der Waals surface area contributed by atoms with Crippen LogP contribution in [0.25, 0.3) is 0 Å². The summed E-state index contributed by atoms with van der Waals surface area (Å²) in [7, 11) is 0. The van der Waals surface area contributed by atoms with Gasteiger partial charge >= 0.3 is 0 Å². The molecule has 210 valence electrons. The highest BCUT2D eigenvalue weighted by molar-refractivity contribution is 6.42. The van der Waals surface area contributed by atoms with Crippen molar-refractivity contribution in [1.82, 2.24) is 15.1 Å². The van der Waals surface area contributed by atoms with Gasteiger partial charge in [-0.3, -0.25) is 14.6 Å². The van der Waals surface area contributed by atoms with E-state index in [1.54, 1.807) is 0 Å². The third kappa shape index (κ3) is 5.77. The molecule has 0 aromatic heterocycles. The summed E-state index contributed by atoms with van der Waals surface area (Å²) in [6.07, 6.45) is 1.96. The number of Topliss-reactive ketones (excluding diaryl/α,β-unsaturated/α-hetero) is 1. The van der Waals surface area contributed by atoms with Crippen LogP contribution in [0.1, 0.15) is 45.5 Å². The van der Waals surface area contributed by atoms with Crippen molar-refractivity contribution in [2.75, 3.05) is 32.7 Å². The average Bonchev–Trinajstić information content (AvgIpc) is 2.95. The number of nitrogens with one attached hydrogen (secondary N) is 1. The molecule has 2 heterocycles. The highest BCUT2D eigenvalue weighted by Crippen LogP contribution is 2.48. The van der Waals surface area contributed by atoms with E-state index in [9.17, 15) is 9.59 Å². The van der Waals surface area contributed by atoms with E-state index in [2.05, 4.69) is 33.3 Å². The fourth-order valence-electron chi connectivity index (χ4n) is 6.93. The highest BCUT2D eigenvalue weighted by atomic mass is 35.5. The van der Waals surface area contributed by atoms with Crippen LogP contribution in [0, 0.1) is 19.8 Å². The van der Waals surface area contributed by atoms with E-state index >= 15 is 0 Å². The number of aryl methyl sites for hydroxylation is 2. The van der Waals surface area contributed by atoms with Crippen LogP contribution in [-0.2, 0) is 16.9 Å². The summed E-state index contributed by atoms with van der Waals surface area (Å²) >= 11 is 13.0. The van der Waals surface area contributed by atoms with Crippen LogP contribution in [-0.4, -0.2) is 60.6 Å². The number of aldehydes is 1. The maximum Gasteiger partial charge on any atom is 0.167 e. The molecule has 2 aliphatic rings. The minimum Gasteiger partial charge on any atom is -0.314 e. The predicted octanol–water partition coefficient (Wildman–Crippen LogP) is 6.07. The summed E-state index contributed by atoms with van der Waals surface area (Å²) in [6, 6.07) is 21.9. The Bertz CT molecular complexity index is 1340. The van der Waals surface area contributed by atoms with Gasteiger partial charge in [0, 0.05) is 63.2 Å².